The van der Waals surface area contributed by atoms with Gasteiger partial charge in [0.1, 0.15) is 0 Å². The van der Waals surface area contributed by atoms with E-state index >= 15 is 0 Å². The molecule has 0 spiro atoms. The van der Waals surface area contributed by atoms with E-state index in [1.807, 2.05) is 0 Å². The van der Waals surface area contributed by atoms with E-state index in [1.165, 1.54) is 0 Å². The van der Waals surface area contributed by atoms with Crippen molar-refractivity contribution >= 4 is 191 Å². The molecule has 0 heterocycles. The molecule has 0 saturated heterocycles. The maximum Gasteiger partial charge on any atom is 0.197 e. The fourth-order valence-electron chi connectivity index (χ4n) is 4.07. The minimum atomic E-state index is -2.34. The third-order valence-corrected chi connectivity index (χ3v) is 22.5. The first-order valence-corrected chi connectivity index (χ1v) is 50.7. The van der Waals surface area contributed by atoms with Gasteiger partial charge in [0, 0.05) is 21.1 Å². The number of unbranched alkanes of at least 4 members (excludes halogenated alkanes) is 12. The molecule has 0 aromatic carbocycles. The summed E-state index contributed by atoms with van der Waals surface area (Å²) in [6.45, 7) is 33.0. The Morgan fingerprint density at radius 3 is 0.321 bits per heavy atom. The number of hydrogen-bond donors (Lipinski definition) is 0. The van der Waals surface area contributed by atoms with Gasteiger partial charge in [0.25, 0.3) is 0 Å². The molecule has 0 aromatic heterocycles. The summed E-state index contributed by atoms with van der Waals surface area (Å²) in [5.41, 5.74) is -14.0. The van der Waals surface area contributed by atoms with Crippen molar-refractivity contribution in [1.82, 2.24) is 0 Å². The van der Waals surface area contributed by atoms with Gasteiger partial charge in [0.15, 0.2) is 12.5 Å². The quantitative estimate of drug-likeness (QED) is 0.0248. The molecule has 0 saturated carbocycles. The van der Waals surface area contributed by atoms with Gasteiger partial charge in [-0.1, -0.05) is 231 Å². The van der Waals surface area contributed by atoms with Gasteiger partial charge in [0.2, 0.25) is 0 Å². The summed E-state index contributed by atoms with van der Waals surface area (Å²) in [5, 5.41) is 0. The van der Waals surface area contributed by atoms with Crippen LogP contribution >= 0.6 is 34.2 Å². The van der Waals surface area contributed by atoms with Gasteiger partial charge in [-0.15, -0.1) is 0 Å². The Morgan fingerprint density at radius 2 is 0.272 bits per heavy atom. The molecule has 13 nitrogen and oxygen atoms in total. The smallest absolute Gasteiger partial charge is 0.197 e. The Hall–Kier alpha value is 6.23. The van der Waals surface area contributed by atoms with Gasteiger partial charge in [-0.05, 0) is 77.0 Å². The van der Waals surface area contributed by atoms with Crippen LogP contribution in [-0.4, -0.2) is 83.5 Å². The van der Waals surface area contributed by atoms with Crippen LogP contribution in [0.1, 0.15) is 237 Å². The molecule has 0 aromatic rings. The van der Waals surface area contributed by atoms with Crippen molar-refractivity contribution in [3.05, 3.63) is 0 Å². The molecule has 0 N–H and O–H groups in total. The standard InChI is InChI=1S/6C8H19O2PS2.Mo.OS/c6*1-3-5-7-9-11(12,13)10-8-6-4-2;;1-2/h6*3-8H2,1-2H3,(H,12,13);;/p-6. The third-order valence-electron chi connectivity index (χ3n) is 8.97. The predicted octanol–water partition coefficient (Wildman–Crippen LogP) is 20.0. The van der Waals surface area contributed by atoms with Gasteiger partial charge in [-0.2, -0.15) is 4.21 Å². The fraction of sp³-hybridized carbons (Fsp3) is 1.00. The summed E-state index contributed by atoms with van der Waals surface area (Å²) < 4.78 is 71.9. The molecule has 498 valence electrons. The summed E-state index contributed by atoms with van der Waals surface area (Å²) >= 11 is 63.5. The van der Waals surface area contributed by atoms with Crippen molar-refractivity contribution in [1.29, 1.82) is 0 Å². The third kappa shape index (κ3) is 100.0. The average Bonchev–Trinajstić information content (AvgIpc) is 3.38. The maximum absolute atomic E-state index is 7.83. The zero-order valence-corrected chi connectivity index (χ0v) is 69.1. The normalized spacial score (nSPS) is 11.5. The van der Waals surface area contributed by atoms with Crippen LogP contribution in [0.15, 0.2) is 0 Å². The topological polar surface area (TPSA) is 128 Å². The van der Waals surface area contributed by atoms with Crippen LogP contribution in [0, 0.1) is 0 Å². The molecule has 0 radical (unpaired) electrons. The van der Waals surface area contributed by atoms with E-state index in [0.717, 1.165) is 154 Å². The van der Waals surface area contributed by atoms with E-state index in [1.54, 1.807) is 0 Å². The molecule has 0 unspecified atom stereocenters. The van der Waals surface area contributed by atoms with Crippen molar-refractivity contribution in [2.75, 3.05) is 79.3 Å². The van der Waals surface area contributed by atoms with Crippen molar-refractivity contribution < 1.29 is 79.6 Å². The second kappa shape index (κ2) is 76.9. The van der Waals surface area contributed by atoms with E-state index in [0.29, 0.717) is 79.3 Å². The Labute approximate surface area is 580 Å². The van der Waals surface area contributed by atoms with E-state index in [-0.39, 0.29) is 21.1 Å². The predicted molar refractivity (Wildman–Crippen MR) is 388 cm³/mol. The SMILES string of the molecule is CCCCOP(=S)([S-])OCCCC.CCCCOP(=S)([S-])OCCCC.CCCCOP(=S)([S-])OCCCC.CCCCOP(=S)([S-])OCCCC.CCCCOP(=S)([S-])OCCCC.CCCCOP(=S)([S-])OCCCC.O=S.[Mo]. The molecule has 0 atom stereocenters. The summed E-state index contributed by atoms with van der Waals surface area (Å²) in [5.74, 6) is 0. The minimum absolute atomic E-state index is 0. The van der Waals surface area contributed by atoms with Gasteiger partial charge in [0.05, 0.1) is 113 Å². The molecule has 0 aliphatic carbocycles. The molecule has 81 heavy (non-hydrogen) atoms. The minimum Gasteiger partial charge on any atom is -0.691 e. The Bertz CT molecular complexity index is 1210. The summed E-state index contributed by atoms with van der Waals surface area (Å²) in [6, 6.07) is 0. The Morgan fingerprint density at radius 1 is 0.210 bits per heavy atom. The average molecular weight is 1590 g/mol. The van der Waals surface area contributed by atoms with Gasteiger partial charge in [-0.25, -0.2) is 0 Å². The molecule has 0 rings (SSSR count). The first-order valence-electron chi connectivity index (χ1n) is 28.5. The summed E-state index contributed by atoms with van der Waals surface area (Å²) in [7, 11) is 0. The van der Waals surface area contributed by atoms with Crippen molar-refractivity contribution in [3.63, 3.8) is 0 Å². The monoisotopic (exact) mass is 1590 g/mol. The molecule has 33 heteroatoms. The summed E-state index contributed by atoms with van der Waals surface area (Å²) in [4.78, 5) is 0. The molecule has 0 bridgehead atoms. The maximum atomic E-state index is 7.83. The first-order chi connectivity index (χ1) is 37.7. The van der Waals surface area contributed by atoms with Gasteiger partial charge < -0.3 is 128 Å². The first kappa shape index (κ1) is 103. The van der Waals surface area contributed by atoms with Crippen LogP contribution in [-0.2, 0) is 232 Å². The van der Waals surface area contributed by atoms with E-state index < -0.39 is 34.2 Å². The second-order valence-corrected chi connectivity index (χ2v) is 46.9. The molecule has 0 aliphatic rings. The number of hydrogen-bond acceptors (Lipinski definition) is 26. The largest absolute Gasteiger partial charge is 0.691 e. The summed E-state index contributed by atoms with van der Waals surface area (Å²) in [6.07, 6.45) is 25.2. The Balaban J connectivity index is -0.000000130. The molecule has 0 amide bonds. The van der Waals surface area contributed by atoms with Crippen LogP contribution in [0.2, 0.25) is 0 Å². The van der Waals surface area contributed by atoms with Gasteiger partial charge in [-0.3, -0.25) is 0 Å². The zero-order valence-electron chi connectivity index (χ0n) is 51.2. The number of rotatable bonds is 48. The van der Waals surface area contributed by atoms with E-state index in [4.69, 9.17) is 203 Å². The second-order valence-electron chi connectivity index (χ2n) is 16.9. The molecule has 0 fully saturated rings. The van der Waals surface area contributed by atoms with E-state index in [2.05, 4.69) is 95.6 Å². The zero-order chi connectivity index (χ0) is 62.9. The molecular weight excluding hydrogens is 1480 g/mol. The van der Waals surface area contributed by atoms with Crippen LogP contribution in [0.25, 0.3) is 0 Å². The van der Waals surface area contributed by atoms with Gasteiger partial charge >= 0.3 is 0 Å². The molecular formula is C48H108MoO13P6S13-6. The van der Waals surface area contributed by atoms with Crippen LogP contribution in [0.3, 0.4) is 0 Å². The van der Waals surface area contributed by atoms with Crippen LogP contribution < -0.4 is 0 Å². The van der Waals surface area contributed by atoms with Crippen molar-refractivity contribution in [3.8, 4) is 0 Å². The Kier molecular flexibility index (Phi) is 98.1. The molecule has 0 aliphatic heterocycles. The van der Waals surface area contributed by atoms with Crippen LogP contribution in [0.5, 0.6) is 0 Å². The van der Waals surface area contributed by atoms with Crippen LogP contribution in [0.4, 0.5) is 0 Å². The van der Waals surface area contributed by atoms with Crippen molar-refractivity contribution in [2.45, 2.75) is 237 Å². The van der Waals surface area contributed by atoms with Crippen molar-refractivity contribution in [2.24, 2.45) is 0 Å². The fourth-order valence-corrected chi connectivity index (χ4v) is 14.1. The van der Waals surface area contributed by atoms with E-state index in [9.17, 15) is 0 Å².